The van der Waals surface area contributed by atoms with E-state index in [0.29, 0.717) is 24.4 Å². The smallest absolute Gasteiger partial charge is 0.243 e. The summed E-state index contributed by atoms with van der Waals surface area (Å²) >= 11 is 5.19. The quantitative estimate of drug-likeness (QED) is 0.549. The molecule has 3 rings (SSSR count). The van der Waals surface area contributed by atoms with Gasteiger partial charge in [-0.1, -0.05) is 0 Å². The van der Waals surface area contributed by atoms with Crippen molar-refractivity contribution in [3.05, 3.63) is 20.8 Å². The highest BCUT2D eigenvalue weighted by molar-refractivity contribution is 9.10. The van der Waals surface area contributed by atoms with Gasteiger partial charge >= 0.3 is 0 Å². The van der Waals surface area contributed by atoms with E-state index in [1.165, 1.54) is 17.7 Å². The van der Waals surface area contributed by atoms with Crippen LogP contribution in [0, 0.1) is 0 Å². The Morgan fingerprint density at radius 1 is 1.24 bits per heavy atom. The number of rotatable bonds is 5. The lowest BCUT2D eigenvalue weighted by atomic mass is 10.4. The Kier molecular flexibility index (Phi) is 4.51. The molecular weight excluding hydrogens is 354 g/mol. The molecule has 7 nitrogen and oxygen atoms in total. The van der Waals surface area contributed by atoms with E-state index >= 15 is 0 Å². The van der Waals surface area contributed by atoms with Crippen LogP contribution in [0.15, 0.2) is 15.9 Å². The molecule has 0 saturated carbocycles. The number of anilines is 3. The molecule has 0 aliphatic carbocycles. The van der Waals surface area contributed by atoms with E-state index in [9.17, 15) is 0 Å². The van der Waals surface area contributed by atoms with Crippen LogP contribution in [0.2, 0.25) is 0 Å². The zero-order valence-corrected chi connectivity index (χ0v) is 13.7. The molecule has 21 heavy (non-hydrogen) atoms. The number of nitrogens with one attached hydrogen (secondary N) is 2. The number of halogens is 1. The van der Waals surface area contributed by atoms with Gasteiger partial charge < -0.3 is 10.2 Å². The molecule has 0 spiro atoms. The Morgan fingerprint density at radius 2 is 2.00 bits per heavy atom. The van der Waals surface area contributed by atoms with Crippen LogP contribution in [0.4, 0.5) is 17.8 Å². The fourth-order valence-corrected chi connectivity index (χ4v) is 3.61. The molecule has 1 aliphatic rings. The van der Waals surface area contributed by atoms with Crippen LogP contribution in [-0.2, 0) is 6.54 Å². The van der Waals surface area contributed by atoms with Crippen molar-refractivity contribution in [1.82, 2.24) is 15.0 Å². The third kappa shape index (κ3) is 3.42. The van der Waals surface area contributed by atoms with Crippen LogP contribution in [0.5, 0.6) is 0 Å². The Hall–Kier alpha value is -1.45. The highest BCUT2D eigenvalue weighted by Crippen LogP contribution is 2.24. The summed E-state index contributed by atoms with van der Waals surface area (Å²) in [6.45, 7) is 2.61. The maximum Gasteiger partial charge on any atom is 0.243 e. The predicted molar refractivity (Wildman–Crippen MR) is 88.4 cm³/mol. The second kappa shape index (κ2) is 6.54. The Balaban J connectivity index is 1.77. The Morgan fingerprint density at radius 3 is 2.67 bits per heavy atom. The number of nitrogens with two attached hydrogens (primary N) is 1. The predicted octanol–water partition coefficient (Wildman–Crippen LogP) is 2.19. The van der Waals surface area contributed by atoms with Crippen molar-refractivity contribution in [3.8, 4) is 0 Å². The monoisotopic (exact) mass is 369 g/mol. The largest absolute Gasteiger partial charge is 0.349 e. The van der Waals surface area contributed by atoms with E-state index in [1.54, 1.807) is 11.3 Å². The SMILES string of the molecule is NNc1nc(NCc2sccc2Br)nc(N2CCCC2)n1. The van der Waals surface area contributed by atoms with E-state index in [1.807, 2.05) is 11.4 Å². The highest BCUT2D eigenvalue weighted by atomic mass is 79.9. The maximum absolute atomic E-state index is 5.45. The average molecular weight is 370 g/mol. The summed E-state index contributed by atoms with van der Waals surface area (Å²) in [5.74, 6) is 7.02. The van der Waals surface area contributed by atoms with Crippen LogP contribution >= 0.6 is 27.3 Å². The van der Waals surface area contributed by atoms with Gasteiger partial charge in [0, 0.05) is 22.4 Å². The number of nitrogens with zero attached hydrogens (tertiary/aromatic N) is 4. The fourth-order valence-electron chi connectivity index (χ4n) is 2.18. The van der Waals surface area contributed by atoms with Crippen LogP contribution in [0.3, 0.4) is 0 Å². The molecule has 1 fully saturated rings. The van der Waals surface area contributed by atoms with Gasteiger partial charge in [-0.05, 0) is 40.2 Å². The minimum atomic E-state index is 0.375. The second-order valence-electron chi connectivity index (χ2n) is 4.67. The summed E-state index contributed by atoms with van der Waals surface area (Å²) < 4.78 is 1.09. The van der Waals surface area contributed by atoms with Crippen molar-refractivity contribution >= 4 is 45.1 Å². The van der Waals surface area contributed by atoms with Crippen LogP contribution in [0.25, 0.3) is 0 Å². The third-order valence-electron chi connectivity index (χ3n) is 3.24. The number of thiophene rings is 1. The van der Waals surface area contributed by atoms with Crippen LogP contribution in [-0.4, -0.2) is 28.0 Å². The average Bonchev–Trinajstić information content (AvgIpc) is 3.16. The Bertz CT molecular complexity index is 611. The van der Waals surface area contributed by atoms with Gasteiger partial charge in [-0.2, -0.15) is 15.0 Å². The van der Waals surface area contributed by atoms with Gasteiger partial charge in [0.05, 0.1) is 6.54 Å². The van der Waals surface area contributed by atoms with Gasteiger partial charge in [-0.15, -0.1) is 11.3 Å². The molecule has 112 valence electrons. The molecule has 0 aromatic carbocycles. The lowest BCUT2D eigenvalue weighted by molar-refractivity contribution is 0.876. The minimum Gasteiger partial charge on any atom is -0.349 e. The third-order valence-corrected chi connectivity index (χ3v) is 5.17. The topological polar surface area (TPSA) is 92.0 Å². The summed E-state index contributed by atoms with van der Waals surface area (Å²) in [4.78, 5) is 16.4. The molecule has 1 saturated heterocycles. The van der Waals surface area contributed by atoms with E-state index < -0.39 is 0 Å². The second-order valence-corrected chi connectivity index (χ2v) is 6.52. The first-order valence-electron chi connectivity index (χ1n) is 6.69. The van der Waals surface area contributed by atoms with Gasteiger partial charge in [-0.25, -0.2) is 5.84 Å². The molecule has 0 bridgehead atoms. The first-order chi connectivity index (χ1) is 10.3. The zero-order valence-electron chi connectivity index (χ0n) is 11.3. The molecule has 0 radical (unpaired) electrons. The first-order valence-corrected chi connectivity index (χ1v) is 8.37. The molecule has 3 heterocycles. The van der Waals surface area contributed by atoms with Gasteiger partial charge in [0.1, 0.15) is 0 Å². The minimum absolute atomic E-state index is 0.375. The molecule has 9 heteroatoms. The van der Waals surface area contributed by atoms with Crippen molar-refractivity contribution in [2.75, 3.05) is 28.7 Å². The van der Waals surface area contributed by atoms with Gasteiger partial charge in [0.2, 0.25) is 17.8 Å². The first kappa shape index (κ1) is 14.5. The number of aromatic nitrogens is 3. The summed E-state index contributed by atoms with van der Waals surface area (Å²) in [5, 5.41) is 5.26. The van der Waals surface area contributed by atoms with Gasteiger partial charge in [-0.3, -0.25) is 5.43 Å². The summed E-state index contributed by atoms with van der Waals surface area (Å²) in [6, 6.07) is 2.03. The zero-order chi connectivity index (χ0) is 14.7. The maximum atomic E-state index is 5.45. The number of hydrazine groups is 1. The standard InChI is InChI=1S/C12H16BrN7S/c13-8-3-6-21-9(8)7-15-10-16-11(19-14)18-12(17-10)20-4-1-2-5-20/h3,6H,1-2,4-5,7,14H2,(H2,15,16,17,18,19). The summed E-state index contributed by atoms with van der Waals surface area (Å²) in [6.07, 6.45) is 2.34. The molecule has 1 aliphatic heterocycles. The van der Waals surface area contributed by atoms with Crippen LogP contribution in [0.1, 0.15) is 17.7 Å². The van der Waals surface area contributed by atoms with Gasteiger partial charge in [0.25, 0.3) is 0 Å². The van der Waals surface area contributed by atoms with Crippen molar-refractivity contribution < 1.29 is 0 Å². The molecule has 4 N–H and O–H groups in total. The molecule has 0 atom stereocenters. The highest BCUT2D eigenvalue weighted by Gasteiger charge is 2.17. The molecule has 2 aromatic rings. The van der Waals surface area contributed by atoms with E-state index in [-0.39, 0.29) is 0 Å². The van der Waals surface area contributed by atoms with E-state index in [4.69, 9.17) is 5.84 Å². The van der Waals surface area contributed by atoms with Crippen molar-refractivity contribution in [2.24, 2.45) is 5.84 Å². The Labute approximate surface area is 135 Å². The summed E-state index contributed by atoms with van der Waals surface area (Å²) in [5.41, 5.74) is 2.50. The van der Waals surface area contributed by atoms with Crippen molar-refractivity contribution in [2.45, 2.75) is 19.4 Å². The summed E-state index contributed by atoms with van der Waals surface area (Å²) in [7, 11) is 0. The number of hydrogen-bond donors (Lipinski definition) is 3. The number of nitrogen functional groups attached to an aromatic ring is 1. The van der Waals surface area contributed by atoms with E-state index in [2.05, 4.69) is 46.5 Å². The van der Waals surface area contributed by atoms with Crippen molar-refractivity contribution in [3.63, 3.8) is 0 Å². The normalized spacial score (nSPS) is 14.5. The lowest BCUT2D eigenvalue weighted by Crippen LogP contribution is -2.23. The molecule has 2 aromatic heterocycles. The number of hydrogen-bond acceptors (Lipinski definition) is 8. The van der Waals surface area contributed by atoms with Crippen LogP contribution < -0.4 is 21.5 Å². The van der Waals surface area contributed by atoms with Crippen molar-refractivity contribution in [1.29, 1.82) is 0 Å². The van der Waals surface area contributed by atoms with Gasteiger partial charge in [0.15, 0.2) is 0 Å². The molecular formula is C12H16BrN7S. The van der Waals surface area contributed by atoms with E-state index in [0.717, 1.165) is 17.6 Å². The lowest BCUT2D eigenvalue weighted by Gasteiger charge is -2.16. The fraction of sp³-hybridized carbons (Fsp3) is 0.417. The molecule has 0 unspecified atom stereocenters. The molecule has 0 amide bonds.